The summed E-state index contributed by atoms with van der Waals surface area (Å²) in [7, 11) is 1.68. The van der Waals surface area contributed by atoms with Gasteiger partial charge in [-0.25, -0.2) is 0 Å². The highest BCUT2D eigenvalue weighted by molar-refractivity contribution is 6.33. The zero-order chi connectivity index (χ0) is 12.8. The number of nitrogens with zero attached hydrogens (tertiary/aromatic N) is 2. The lowest BCUT2D eigenvalue weighted by molar-refractivity contribution is 0.204. The number of anilines is 1. The Kier molecular flexibility index (Phi) is 5.27. The van der Waals surface area contributed by atoms with Gasteiger partial charge < -0.3 is 9.64 Å². The molecule has 1 aromatic carbocycles. The Morgan fingerprint density at radius 2 is 2.18 bits per heavy atom. The molecular formula is C13H17ClN2O. The summed E-state index contributed by atoms with van der Waals surface area (Å²) in [5, 5.41) is 9.41. The highest BCUT2D eigenvalue weighted by Gasteiger charge is 2.13. The van der Waals surface area contributed by atoms with E-state index in [4.69, 9.17) is 21.6 Å². The van der Waals surface area contributed by atoms with Crippen LogP contribution in [0.15, 0.2) is 18.2 Å². The van der Waals surface area contributed by atoms with Gasteiger partial charge in [0.05, 0.1) is 28.9 Å². The van der Waals surface area contributed by atoms with Gasteiger partial charge in [0.15, 0.2) is 0 Å². The SMILES string of the molecule is COCCN(c1ccc(C#N)cc1Cl)C(C)C. The third-order valence-corrected chi connectivity index (χ3v) is 2.85. The van der Waals surface area contributed by atoms with E-state index in [2.05, 4.69) is 24.8 Å². The van der Waals surface area contributed by atoms with Crippen molar-refractivity contribution in [2.24, 2.45) is 0 Å². The van der Waals surface area contributed by atoms with Crippen molar-refractivity contribution in [2.75, 3.05) is 25.2 Å². The Morgan fingerprint density at radius 3 is 2.65 bits per heavy atom. The lowest BCUT2D eigenvalue weighted by atomic mass is 10.2. The normalized spacial score (nSPS) is 10.4. The predicted molar refractivity (Wildman–Crippen MR) is 70.5 cm³/mol. The van der Waals surface area contributed by atoms with E-state index in [0.29, 0.717) is 23.2 Å². The Bertz CT molecular complexity index is 412. The largest absolute Gasteiger partial charge is 0.383 e. The maximum absolute atomic E-state index is 8.80. The third kappa shape index (κ3) is 3.62. The Hall–Kier alpha value is -1.24. The van der Waals surface area contributed by atoms with Crippen molar-refractivity contribution in [3.63, 3.8) is 0 Å². The molecule has 0 N–H and O–H groups in total. The number of nitriles is 1. The zero-order valence-corrected chi connectivity index (χ0v) is 11.2. The van der Waals surface area contributed by atoms with Gasteiger partial charge in [-0.1, -0.05) is 11.6 Å². The van der Waals surface area contributed by atoms with E-state index in [0.717, 1.165) is 12.2 Å². The van der Waals surface area contributed by atoms with Gasteiger partial charge in [-0.15, -0.1) is 0 Å². The molecule has 0 bridgehead atoms. The monoisotopic (exact) mass is 252 g/mol. The molecule has 0 saturated carbocycles. The van der Waals surface area contributed by atoms with E-state index >= 15 is 0 Å². The summed E-state index contributed by atoms with van der Waals surface area (Å²) in [5.74, 6) is 0. The van der Waals surface area contributed by atoms with Crippen LogP contribution < -0.4 is 4.90 Å². The Labute approximate surface area is 108 Å². The van der Waals surface area contributed by atoms with Crippen molar-refractivity contribution in [2.45, 2.75) is 19.9 Å². The van der Waals surface area contributed by atoms with Gasteiger partial charge in [0, 0.05) is 19.7 Å². The summed E-state index contributed by atoms with van der Waals surface area (Å²) in [6.45, 7) is 5.63. The van der Waals surface area contributed by atoms with Crippen molar-refractivity contribution in [3.05, 3.63) is 28.8 Å². The Morgan fingerprint density at radius 1 is 1.47 bits per heavy atom. The molecule has 0 radical (unpaired) electrons. The summed E-state index contributed by atoms with van der Waals surface area (Å²) >= 11 is 6.19. The number of halogens is 1. The lowest BCUT2D eigenvalue weighted by Crippen LogP contribution is -2.34. The number of rotatable bonds is 5. The number of hydrogen-bond acceptors (Lipinski definition) is 3. The second-order valence-corrected chi connectivity index (χ2v) is 4.47. The summed E-state index contributed by atoms with van der Waals surface area (Å²) in [6, 6.07) is 7.77. The van der Waals surface area contributed by atoms with Crippen molar-refractivity contribution in [1.29, 1.82) is 5.26 Å². The van der Waals surface area contributed by atoms with Crippen LogP contribution in [0.4, 0.5) is 5.69 Å². The van der Waals surface area contributed by atoms with Crippen LogP contribution in [0.2, 0.25) is 5.02 Å². The molecule has 0 aliphatic carbocycles. The van der Waals surface area contributed by atoms with Crippen LogP contribution in [0.5, 0.6) is 0 Å². The highest BCUT2D eigenvalue weighted by atomic mass is 35.5. The molecular weight excluding hydrogens is 236 g/mol. The molecule has 0 atom stereocenters. The summed E-state index contributed by atoms with van der Waals surface area (Å²) in [6.07, 6.45) is 0. The van der Waals surface area contributed by atoms with Crippen LogP contribution in [-0.2, 0) is 4.74 Å². The summed E-state index contributed by atoms with van der Waals surface area (Å²) < 4.78 is 5.09. The first kappa shape index (κ1) is 13.8. The minimum absolute atomic E-state index is 0.329. The molecule has 0 aromatic heterocycles. The first-order valence-corrected chi connectivity index (χ1v) is 5.93. The molecule has 0 amide bonds. The number of hydrogen-bond donors (Lipinski definition) is 0. The molecule has 0 unspecified atom stereocenters. The Balaban J connectivity index is 2.98. The van der Waals surface area contributed by atoms with E-state index < -0.39 is 0 Å². The fourth-order valence-corrected chi connectivity index (χ4v) is 1.94. The molecule has 4 heteroatoms. The molecule has 0 aliphatic heterocycles. The molecule has 17 heavy (non-hydrogen) atoms. The molecule has 0 heterocycles. The van der Waals surface area contributed by atoms with Crippen molar-refractivity contribution < 1.29 is 4.74 Å². The van der Waals surface area contributed by atoms with Gasteiger partial charge in [0.2, 0.25) is 0 Å². The standard InChI is InChI=1S/C13H17ClN2O/c1-10(2)16(6-7-17-3)13-5-4-11(9-15)8-12(13)14/h4-5,8,10H,6-7H2,1-3H3. The fourth-order valence-electron chi connectivity index (χ4n) is 1.66. The molecule has 0 aliphatic rings. The summed E-state index contributed by atoms with van der Waals surface area (Å²) in [5.41, 5.74) is 1.52. The average molecular weight is 253 g/mol. The first-order valence-electron chi connectivity index (χ1n) is 5.55. The van der Waals surface area contributed by atoms with Crippen molar-refractivity contribution in [1.82, 2.24) is 0 Å². The maximum atomic E-state index is 8.80. The van der Waals surface area contributed by atoms with Crippen LogP contribution >= 0.6 is 11.6 Å². The number of methoxy groups -OCH3 is 1. The van der Waals surface area contributed by atoms with Crippen molar-refractivity contribution in [3.8, 4) is 6.07 Å². The van der Waals surface area contributed by atoms with E-state index in [-0.39, 0.29) is 0 Å². The smallest absolute Gasteiger partial charge is 0.0992 e. The quantitative estimate of drug-likeness (QED) is 0.808. The maximum Gasteiger partial charge on any atom is 0.0992 e. The molecule has 1 rings (SSSR count). The highest BCUT2D eigenvalue weighted by Crippen LogP contribution is 2.28. The zero-order valence-electron chi connectivity index (χ0n) is 10.4. The lowest BCUT2D eigenvalue weighted by Gasteiger charge is -2.29. The van der Waals surface area contributed by atoms with Gasteiger partial charge in [-0.3, -0.25) is 0 Å². The first-order chi connectivity index (χ1) is 8.10. The third-order valence-electron chi connectivity index (χ3n) is 2.55. The molecule has 0 saturated heterocycles. The minimum Gasteiger partial charge on any atom is -0.383 e. The van der Waals surface area contributed by atoms with Gasteiger partial charge in [0.1, 0.15) is 0 Å². The van der Waals surface area contributed by atoms with Gasteiger partial charge >= 0.3 is 0 Å². The van der Waals surface area contributed by atoms with E-state index in [9.17, 15) is 0 Å². The van der Waals surface area contributed by atoms with Crippen LogP contribution in [0.3, 0.4) is 0 Å². The topological polar surface area (TPSA) is 36.3 Å². The molecule has 1 aromatic rings. The van der Waals surface area contributed by atoms with E-state index in [1.165, 1.54) is 0 Å². The molecule has 3 nitrogen and oxygen atoms in total. The van der Waals surface area contributed by atoms with Crippen LogP contribution in [0.25, 0.3) is 0 Å². The van der Waals surface area contributed by atoms with Gasteiger partial charge in [0.25, 0.3) is 0 Å². The second-order valence-electron chi connectivity index (χ2n) is 4.06. The minimum atomic E-state index is 0.329. The van der Waals surface area contributed by atoms with Crippen LogP contribution in [0.1, 0.15) is 19.4 Å². The molecule has 0 spiro atoms. The number of benzene rings is 1. The molecule has 92 valence electrons. The van der Waals surface area contributed by atoms with Gasteiger partial charge in [-0.2, -0.15) is 5.26 Å². The van der Waals surface area contributed by atoms with Crippen LogP contribution in [0, 0.1) is 11.3 Å². The van der Waals surface area contributed by atoms with E-state index in [1.807, 2.05) is 6.07 Å². The molecule has 0 fully saturated rings. The van der Waals surface area contributed by atoms with Crippen molar-refractivity contribution >= 4 is 17.3 Å². The average Bonchev–Trinajstić information content (AvgIpc) is 2.30. The number of ether oxygens (including phenoxy) is 1. The summed E-state index contributed by atoms with van der Waals surface area (Å²) in [4.78, 5) is 2.16. The second kappa shape index (κ2) is 6.48. The van der Waals surface area contributed by atoms with Crippen LogP contribution in [-0.4, -0.2) is 26.3 Å². The van der Waals surface area contributed by atoms with E-state index in [1.54, 1.807) is 19.2 Å². The predicted octanol–water partition coefficient (Wildman–Crippen LogP) is 3.07. The fraction of sp³-hybridized carbons (Fsp3) is 0.462. The van der Waals surface area contributed by atoms with Gasteiger partial charge in [-0.05, 0) is 32.0 Å².